The molecule has 0 saturated carbocycles. The van der Waals surface area contributed by atoms with E-state index < -0.39 is 0 Å². The molecule has 3 heteroatoms. The summed E-state index contributed by atoms with van der Waals surface area (Å²) < 4.78 is 0. The number of amides is 1. The minimum atomic E-state index is -0.114. The van der Waals surface area contributed by atoms with Gasteiger partial charge in [-0.3, -0.25) is 4.79 Å². The fourth-order valence-electron chi connectivity index (χ4n) is 3.05. The molecule has 0 radical (unpaired) electrons. The number of carbonyl (C=O) groups excluding carboxylic acids is 1. The molecule has 1 N–H and O–H groups in total. The van der Waals surface area contributed by atoms with Gasteiger partial charge in [0.05, 0.1) is 5.41 Å². The lowest BCUT2D eigenvalue weighted by molar-refractivity contribution is -0.144. The Morgan fingerprint density at radius 1 is 1.25 bits per heavy atom. The average Bonchev–Trinajstić information content (AvgIpc) is 2.79. The molecule has 0 spiro atoms. The molecule has 3 nitrogen and oxygen atoms in total. The Balaban J connectivity index is 2.10. The lowest BCUT2D eigenvalue weighted by Gasteiger charge is -2.38. The van der Waals surface area contributed by atoms with Crippen molar-refractivity contribution >= 4 is 5.91 Å². The Kier molecular flexibility index (Phi) is 3.53. The molecule has 0 aromatic carbocycles. The highest BCUT2D eigenvalue weighted by Crippen LogP contribution is 2.36. The molecule has 16 heavy (non-hydrogen) atoms. The molecular weight excluding hydrogens is 200 g/mol. The van der Waals surface area contributed by atoms with Crippen LogP contribution in [0.5, 0.6) is 0 Å². The van der Waals surface area contributed by atoms with E-state index >= 15 is 0 Å². The lowest BCUT2D eigenvalue weighted by atomic mass is 9.75. The lowest BCUT2D eigenvalue weighted by Crippen LogP contribution is -2.49. The zero-order chi connectivity index (χ0) is 11.6. The first-order valence-electron chi connectivity index (χ1n) is 6.67. The third kappa shape index (κ3) is 1.97. The summed E-state index contributed by atoms with van der Waals surface area (Å²) in [5.74, 6) is 0.851. The Labute approximate surface area is 98.6 Å². The van der Waals surface area contributed by atoms with Gasteiger partial charge in [-0.25, -0.2) is 0 Å². The molecule has 1 amide bonds. The predicted molar refractivity (Wildman–Crippen MR) is 65.2 cm³/mol. The Morgan fingerprint density at radius 2 is 1.94 bits per heavy atom. The highest BCUT2D eigenvalue weighted by Gasteiger charge is 2.45. The fraction of sp³-hybridized carbons (Fsp3) is 0.923. The van der Waals surface area contributed by atoms with Gasteiger partial charge >= 0.3 is 0 Å². The van der Waals surface area contributed by atoms with Crippen LogP contribution < -0.4 is 5.32 Å². The summed E-state index contributed by atoms with van der Waals surface area (Å²) in [6.45, 7) is 8.21. The third-order valence-corrected chi connectivity index (χ3v) is 4.36. The van der Waals surface area contributed by atoms with Crippen molar-refractivity contribution in [3.8, 4) is 0 Å². The van der Waals surface area contributed by atoms with Crippen LogP contribution in [0, 0.1) is 11.3 Å². The zero-order valence-electron chi connectivity index (χ0n) is 10.6. The third-order valence-electron chi connectivity index (χ3n) is 4.36. The van der Waals surface area contributed by atoms with Crippen LogP contribution in [-0.2, 0) is 4.79 Å². The van der Waals surface area contributed by atoms with Gasteiger partial charge in [0.2, 0.25) is 5.91 Å². The van der Waals surface area contributed by atoms with Crippen LogP contribution in [0.2, 0.25) is 0 Å². The molecule has 1 unspecified atom stereocenters. The maximum Gasteiger partial charge on any atom is 0.230 e. The van der Waals surface area contributed by atoms with Crippen molar-refractivity contribution in [3.63, 3.8) is 0 Å². The van der Waals surface area contributed by atoms with Crippen molar-refractivity contribution in [2.75, 3.05) is 26.2 Å². The van der Waals surface area contributed by atoms with Crippen LogP contribution in [-0.4, -0.2) is 37.0 Å². The molecule has 2 heterocycles. The van der Waals surface area contributed by atoms with Crippen molar-refractivity contribution in [3.05, 3.63) is 0 Å². The second-order valence-electron chi connectivity index (χ2n) is 5.59. The van der Waals surface area contributed by atoms with Crippen LogP contribution in [0.3, 0.4) is 0 Å². The minimum absolute atomic E-state index is 0.114. The van der Waals surface area contributed by atoms with Gasteiger partial charge in [-0.1, -0.05) is 13.8 Å². The maximum atomic E-state index is 12.6. The Morgan fingerprint density at radius 3 is 2.44 bits per heavy atom. The summed E-state index contributed by atoms with van der Waals surface area (Å²) in [6, 6.07) is 0. The van der Waals surface area contributed by atoms with E-state index in [2.05, 4.69) is 24.1 Å². The normalized spacial score (nSPS) is 31.1. The van der Waals surface area contributed by atoms with E-state index in [0.717, 1.165) is 32.6 Å². The molecule has 2 saturated heterocycles. The molecule has 2 fully saturated rings. The van der Waals surface area contributed by atoms with Gasteiger partial charge in [-0.2, -0.15) is 0 Å². The number of carbonyl (C=O) groups is 1. The molecule has 2 rings (SSSR count). The van der Waals surface area contributed by atoms with Gasteiger partial charge in [0.15, 0.2) is 0 Å². The number of likely N-dealkylation sites (tertiary alicyclic amines) is 1. The predicted octanol–water partition coefficient (Wildman–Crippen LogP) is 1.63. The van der Waals surface area contributed by atoms with Crippen LogP contribution in [0.15, 0.2) is 0 Å². The molecule has 0 aromatic rings. The minimum Gasteiger partial charge on any atom is -0.342 e. The topological polar surface area (TPSA) is 32.3 Å². The number of nitrogens with one attached hydrogen (secondary N) is 1. The van der Waals surface area contributed by atoms with E-state index in [9.17, 15) is 4.79 Å². The number of rotatable bonds is 2. The van der Waals surface area contributed by atoms with E-state index in [1.54, 1.807) is 0 Å². The summed E-state index contributed by atoms with van der Waals surface area (Å²) in [4.78, 5) is 14.8. The van der Waals surface area contributed by atoms with Crippen LogP contribution in [0.4, 0.5) is 0 Å². The average molecular weight is 224 g/mol. The largest absolute Gasteiger partial charge is 0.342 e. The summed E-state index contributed by atoms with van der Waals surface area (Å²) in [5, 5.41) is 3.37. The van der Waals surface area contributed by atoms with Crippen molar-refractivity contribution in [2.24, 2.45) is 11.3 Å². The Bertz CT molecular complexity index is 251. The Hall–Kier alpha value is -0.570. The quantitative estimate of drug-likeness (QED) is 0.773. The standard InChI is InChI=1S/C13H24N2O/c1-11(2)13(6-7-14-10-13)12(16)15-8-4-3-5-9-15/h11,14H,3-10H2,1-2H3. The van der Waals surface area contributed by atoms with Gasteiger partial charge in [-0.05, 0) is 38.1 Å². The van der Waals surface area contributed by atoms with Crippen molar-refractivity contribution in [2.45, 2.75) is 39.5 Å². The molecule has 2 aliphatic rings. The van der Waals surface area contributed by atoms with E-state index in [1.165, 1.54) is 19.3 Å². The van der Waals surface area contributed by atoms with E-state index in [1.807, 2.05) is 0 Å². The van der Waals surface area contributed by atoms with Gasteiger partial charge in [0, 0.05) is 19.6 Å². The highest BCUT2D eigenvalue weighted by molar-refractivity contribution is 5.83. The summed E-state index contributed by atoms with van der Waals surface area (Å²) in [7, 11) is 0. The van der Waals surface area contributed by atoms with Crippen LogP contribution in [0.1, 0.15) is 39.5 Å². The van der Waals surface area contributed by atoms with Gasteiger partial charge in [0.25, 0.3) is 0 Å². The first kappa shape index (κ1) is 11.9. The maximum absolute atomic E-state index is 12.6. The first-order chi connectivity index (χ1) is 7.67. The molecule has 0 aliphatic carbocycles. The van der Waals surface area contributed by atoms with Crippen molar-refractivity contribution in [1.82, 2.24) is 10.2 Å². The molecule has 1 atom stereocenters. The van der Waals surface area contributed by atoms with Crippen molar-refractivity contribution < 1.29 is 4.79 Å². The number of nitrogens with zero attached hydrogens (tertiary/aromatic N) is 1. The highest BCUT2D eigenvalue weighted by atomic mass is 16.2. The number of piperidine rings is 1. The van der Waals surface area contributed by atoms with Crippen LogP contribution in [0.25, 0.3) is 0 Å². The zero-order valence-corrected chi connectivity index (χ0v) is 10.6. The molecule has 2 aliphatic heterocycles. The number of hydrogen-bond acceptors (Lipinski definition) is 2. The van der Waals surface area contributed by atoms with Crippen molar-refractivity contribution in [1.29, 1.82) is 0 Å². The smallest absolute Gasteiger partial charge is 0.230 e. The van der Waals surface area contributed by atoms with E-state index in [-0.39, 0.29) is 5.41 Å². The number of hydrogen-bond donors (Lipinski definition) is 1. The van der Waals surface area contributed by atoms with Gasteiger partial charge in [-0.15, -0.1) is 0 Å². The summed E-state index contributed by atoms with van der Waals surface area (Å²) in [6.07, 6.45) is 4.68. The summed E-state index contributed by atoms with van der Waals surface area (Å²) in [5.41, 5.74) is -0.114. The molecule has 0 aromatic heterocycles. The van der Waals surface area contributed by atoms with E-state index in [4.69, 9.17) is 0 Å². The second kappa shape index (κ2) is 4.74. The monoisotopic (exact) mass is 224 g/mol. The van der Waals surface area contributed by atoms with Crippen LogP contribution >= 0.6 is 0 Å². The molecule has 92 valence electrons. The second-order valence-corrected chi connectivity index (χ2v) is 5.59. The first-order valence-corrected chi connectivity index (χ1v) is 6.67. The SMILES string of the molecule is CC(C)C1(C(=O)N2CCCCC2)CCNC1. The summed E-state index contributed by atoms with van der Waals surface area (Å²) >= 11 is 0. The van der Waals surface area contributed by atoms with Gasteiger partial charge < -0.3 is 10.2 Å². The molecule has 0 bridgehead atoms. The fourth-order valence-corrected chi connectivity index (χ4v) is 3.05. The van der Waals surface area contributed by atoms with Gasteiger partial charge in [0.1, 0.15) is 0 Å². The molecular formula is C13H24N2O. The van der Waals surface area contributed by atoms with E-state index in [0.29, 0.717) is 11.8 Å².